The minimum absolute atomic E-state index is 0.231. The Bertz CT molecular complexity index is 402. The maximum Gasteiger partial charge on any atom is 0.00966 e. The van der Waals surface area contributed by atoms with E-state index in [0.717, 1.165) is 12.5 Å². The Hall–Kier alpha value is -0.820. The van der Waals surface area contributed by atoms with Gasteiger partial charge in [0.1, 0.15) is 0 Å². The first-order valence-electron chi connectivity index (χ1n) is 6.64. The van der Waals surface area contributed by atoms with E-state index < -0.39 is 0 Å². The van der Waals surface area contributed by atoms with Crippen molar-refractivity contribution in [1.82, 2.24) is 5.32 Å². The topological polar surface area (TPSA) is 12.0 Å². The van der Waals surface area contributed by atoms with E-state index in [2.05, 4.69) is 64.2 Å². The molecule has 1 N–H and O–H groups in total. The second-order valence-corrected chi connectivity index (χ2v) is 6.76. The third kappa shape index (κ3) is 2.71. The van der Waals surface area contributed by atoms with Gasteiger partial charge in [0.2, 0.25) is 0 Å². The molecule has 2 unspecified atom stereocenters. The lowest BCUT2D eigenvalue weighted by atomic mass is 9.91. The molecule has 1 aliphatic carbocycles. The molecule has 0 saturated heterocycles. The molecule has 2 rings (SSSR count). The van der Waals surface area contributed by atoms with Crippen molar-refractivity contribution in [3.63, 3.8) is 0 Å². The van der Waals surface area contributed by atoms with Crippen molar-refractivity contribution in [3.8, 4) is 0 Å². The molecular weight excluding hydrogens is 206 g/mol. The number of hydrogen-bond donors (Lipinski definition) is 1. The van der Waals surface area contributed by atoms with Crippen LogP contribution in [0.25, 0.3) is 0 Å². The summed E-state index contributed by atoms with van der Waals surface area (Å²) in [5.74, 6) is 0.794. The highest BCUT2D eigenvalue weighted by atomic mass is 15.0. The van der Waals surface area contributed by atoms with Gasteiger partial charge in [-0.3, -0.25) is 0 Å². The van der Waals surface area contributed by atoms with Crippen LogP contribution >= 0.6 is 0 Å². The highest BCUT2D eigenvalue weighted by molar-refractivity contribution is 5.38. The fourth-order valence-corrected chi connectivity index (χ4v) is 2.72. The van der Waals surface area contributed by atoms with Gasteiger partial charge in [0.15, 0.2) is 0 Å². The molecule has 2 atom stereocenters. The summed E-state index contributed by atoms with van der Waals surface area (Å²) in [5, 5.41) is 3.63. The predicted octanol–water partition coefficient (Wildman–Crippen LogP) is 3.66. The van der Waals surface area contributed by atoms with Crippen molar-refractivity contribution < 1.29 is 0 Å². The van der Waals surface area contributed by atoms with Gasteiger partial charge in [-0.05, 0) is 63.1 Å². The van der Waals surface area contributed by atoms with Gasteiger partial charge in [0.05, 0.1) is 0 Å². The van der Waals surface area contributed by atoms with E-state index in [1.165, 1.54) is 12.0 Å². The maximum absolute atomic E-state index is 3.63. The van der Waals surface area contributed by atoms with E-state index in [-0.39, 0.29) is 5.54 Å². The number of aryl methyl sites for hydroxylation is 1. The second kappa shape index (κ2) is 4.13. The van der Waals surface area contributed by atoms with Crippen molar-refractivity contribution in [1.29, 1.82) is 0 Å². The van der Waals surface area contributed by atoms with Gasteiger partial charge in [-0.1, -0.05) is 31.2 Å². The Morgan fingerprint density at radius 1 is 1.29 bits per heavy atom. The summed E-state index contributed by atoms with van der Waals surface area (Å²) in [5.41, 5.74) is 3.62. The molecule has 1 fully saturated rings. The standard InChI is InChI=1S/C16H25N/c1-12-8-6-7-9-14(12)16(5)10-13(16)11-17-15(2,3)4/h6-9,13,17H,10-11H2,1-5H3. The first kappa shape index (κ1) is 12.6. The first-order valence-corrected chi connectivity index (χ1v) is 6.64. The van der Waals surface area contributed by atoms with Gasteiger partial charge >= 0.3 is 0 Å². The lowest BCUT2D eigenvalue weighted by molar-refractivity contribution is 0.406. The Balaban J connectivity index is 2.03. The monoisotopic (exact) mass is 231 g/mol. The molecule has 0 bridgehead atoms. The minimum atomic E-state index is 0.231. The number of hydrogen-bond acceptors (Lipinski definition) is 1. The smallest absolute Gasteiger partial charge is 0.00966 e. The van der Waals surface area contributed by atoms with E-state index in [9.17, 15) is 0 Å². The van der Waals surface area contributed by atoms with E-state index >= 15 is 0 Å². The third-order valence-corrected chi connectivity index (χ3v) is 4.05. The first-order chi connectivity index (χ1) is 7.83. The van der Waals surface area contributed by atoms with E-state index in [1.807, 2.05) is 0 Å². The van der Waals surface area contributed by atoms with Crippen LogP contribution in [0, 0.1) is 12.8 Å². The van der Waals surface area contributed by atoms with Crippen molar-refractivity contribution in [3.05, 3.63) is 35.4 Å². The van der Waals surface area contributed by atoms with Crippen LogP contribution in [-0.4, -0.2) is 12.1 Å². The fraction of sp³-hybridized carbons (Fsp3) is 0.625. The molecule has 1 aromatic carbocycles. The van der Waals surface area contributed by atoms with E-state index in [1.54, 1.807) is 5.56 Å². The largest absolute Gasteiger partial charge is 0.312 e. The number of benzene rings is 1. The minimum Gasteiger partial charge on any atom is -0.312 e. The molecule has 1 nitrogen and oxygen atoms in total. The van der Waals surface area contributed by atoms with Crippen LogP contribution in [0.2, 0.25) is 0 Å². The van der Waals surface area contributed by atoms with Crippen LogP contribution in [0.3, 0.4) is 0 Å². The van der Waals surface area contributed by atoms with Crippen LogP contribution in [0.15, 0.2) is 24.3 Å². The van der Waals surface area contributed by atoms with Crippen molar-refractivity contribution in [2.24, 2.45) is 5.92 Å². The van der Waals surface area contributed by atoms with Crippen molar-refractivity contribution in [2.45, 2.75) is 52.0 Å². The maximum atomic E-state index is 3.63. The zero-order valence-corrected chi connectivity index (χ0v) is 11.8. The van der Waals surface area contributed by atoms with E-state index in [0.29, 0.717) is 5.41 Å². The van der Waals surface area contributed by atoms with E-state index in [4.69, 9.17) is 0 Å². The van der Waals surface area contributed by atoms with Gasteiger partial charge in [-0.25, -0.2) is 0 Å². The lowest BCUT2D eigenvalue weighted by Gasteiger charge is -2.22. The van der Waals surface area contributed by atoms with Crippen LogP contribution in [0.1, 0.15) is 45.2 Å². The number of rotatable bonds is 3. The zero-order chi connectivity index (χ0) is 12.7. The summed E-state index contributed by atoms with van der Waals surface area (Å²) < 4.78 is 0. The van der Waals surface area contributed by atoms with Crippen LogP contribution in [-0.2, 0) is 5.41 Å². The van der Waals surface area contributed by atoms with Gasteiger partial charge in [0, 0.05) is 5.54 Å². The Morgan fingerprint density at radius 3 is 2.53 bits per heavy atom. The molecule has 1 heteroatoms. The molecule has 0 aliphatic heterocycles. The van der Waals surface area contributed by atoms with Gasteiger partial charge < -0.3 is 5.32 Å². The molecular formula is C16H25N. The number of nitrogens with one attached hydrogen (secondary N) is 1. The van der Waals surface area contributed by atoms with Gasteiger partial charge in [-0.2, -0.15) is 0 Å². The Labute approximate surface area is 106 Å². The van der Waals surface area contributed by atoms with Crippen molar-refractivity contribution in [2.75, 3.05) is 6.54 Å². The molecule has 0 heterocycles. The quantitative estimate of drug-likeness (QED) is 0.837. The highest BCUT2D eigenvalue weighted by Crippen LogP contribution is 2.54. The molecule has 1 aliphatic rings. The second-order valence-electron chi connectivity index (χ2n) is 6.76. The normalized spacial score (nSPS) is 28.2. The summed E-state index contributed by atoms with van der Waals surface area (Å²) in [6, 6.07) is 8.83. The summed E-state index contributed by atoms with van der Waals surface area (Å²) >= 11 is 0. The summed E-state index contributed by atoms with van der Waals surface area (Å²) in [6.45, 7) is 12.5. The molecule has 0 amide bonds. The molecule has 0 spiro atoms. The Morgan fingerprint density at radius 2 is 1.94 bits per heavy atom. The summed E-state index contributed by atoms with van der Waals surface area (Å²) in [4.78, 5) is 0. The fourth-order valence-electron chi connectivity index (χ4n) is 2.72. The van der Waals surface area contributed by atoms with Gasteiger partial charge in [0.25, 0.3) is 0 Å². The van der Waals surface area contributed by atoms with Crippen LogP contribution < -0.4 is 5.32 Å². The molecule has 0 aromatic heterocycles. The highest BCUT2D eigenvalue weighted by Gasteiger charge is 2.51. The SMILES string of the molecule is Cc1ccccc1C1(C)CC1CNC(C)(C)C. The predicted molar refractivity (Wildman–Crippen MR) is 74.4 cm³/mol. The third-order valence-electron chi connectivity index (χ3n) is 4.05. The Kier molecular flexibility index (Phi) is 3.07. The summed E-state index contributed by atoms with van der Waals surface area (Å²) in [6.07, 6.45) is 1.32. The molecule has 94 valence electrons. The lowest BCUT2D eigenvalue weighted by Crippen LogP contribution is -2.38. The van der Waals surface area contributed by atoms with Gasteiger partial charge in [-0.15, -0.1) is 0 Å². The van der Waals surface area contributed by atoms with Crippen LogP contribution in [0.5, 0.6) is 0 Å². The summed E-state index contributed by atoms with van der Waals surface area (Å²) in [7, 11) is 0. The molecule has 1 aromatic rings. The van der Waals surface area contributed by atoms with Crippen LogP contribution in [0.4, 0.5) is 0 Å². The molecule has 17 heavy (non-hydrogen) atoms. The molecule has 0 radical (unpaired) electrons. The average Bonchev–Trinajstić information content (AvgIpc) is 2.88. The average molecular weight is 231 g/mol. The van der Waals surface area contributed by atoms with Crippen molar-refractivity contribution >= 4 is 0 Å². The molecule has 1 saturated carbocycles. The zero-order valence-electron chi connectivity index (χ0n) is 11.8.